The van der Waals surface area contributed by atoms with Crippen molar-refractivity contribution in [3.63, 3.8) is 0 Å². The smallest absolute Gasteiger partial charge is 0.321 e. The Morgan fingerprint density at radius 3 is 2.21 bits per heavy atom. The zero-order valence-corrected chi connectivity index (χ0v) is 12.2. The van der Waals surface area contributed by atoms with Crippen LogP contribution in [0.4, 0.5) is 10.5 Å². The van der Waals surface area contributed by atoms with Crippen molar-refractivity contribution in [3.8, 4) is 0 Å². The van der Waals surface area contributed by atoms with E-state index in [9.17, 15) is 9.59 Å². The average Bonchev–Trinajstić information content (AvgIpc) is 2.26. The van der Waals surface area contributed by atoms with Crippen LogP contribution in [0.3, 0.4) is 0 Å². The summed E-state index contributed by atoms with van der Waals surface area (Å²) in [6.45, 7) is 4.27. The minimum atomic E-state index is -0.329. The number of hydrogen-bond acceptors (Lipinski definition) is 2. The Morgan fingerprint density at radius 1 is 1.11 bits per heavy atom. The molecular weight excluding hydrogens is 287 g/mol. The molecule has 1 aliphatic heterocycles. The maximum Gasteiger partial charge on any atom is 0.331 e. The summed E-state index contributed by atoms with van der Waals surface area (Å²) in [4.78, 5) is 27.1. The molecule has 1 aromatic carbocycles. The van der Waals surface area contributed by atoms with Gasteiger partial charge in [0.05, 0.1) is 5.69 Å². The number of benzene rings is 1. The van der Waals surface area contributed by atoms with Gasteiger partial charge in [-0.05, 0) is 32.0 Å². The number of halogens is 2. The van der Waals surface area contributed by atoms with Gasteiger partial charge in [0.1, 0.15) is 0 Å². The number of urea groups is 1. The highest BCUT2D eigenvalue weighted by Crippen LogP contribution is 2.28. The van der Waals surface area contributed by atoms with Gasteiger partial charge in [0, 0.05) is 29.1 Å². The van der Waals surface area contributed by atoms with Gasteiger partial charge in [-0.15, -0.1) is 0 Å². The molecule has 6 heteroatoms. The van der Waals surface area contributed by atoms with Crippen LogP contribution in [0.5, 0.6) is 0 Å². The first kappa shape index (κ1) is 14.2. The van der Waals surface area contributed by atoms with Crippen LogP contribution in [-0.2, 0) is 4.79 Å². The van der Waals surface area contributed by atoms with Gasteiger partial charge in [0.15, 0.2) is 0 Å². The predicted octanol–water partition coefficient (Wildman–Crippen LogP) is 3.56. The molecule has 2 rings (SSSR count). The van der Waals surface area contributed by atoms with Gasteiger partial charge in [-0.1, -0.05) is 23.2 Å². The molecule has 1 saturated heterocycles. The molecule has 1 aliphatic rings. The maximum absolute atomic E-state index is 12.3. The van der Waals surface area contributed by atoms with E-state index in [2.05, 4.69) is 0 Å². The van der Waals surface area contributed by atoms with E-state index in [1.54, 1.807) is 23.1 Å². The van der Waals surface area contributed by atoms with Crippen molar-refractivity contribution in [1.29, 1.82) is 0 Å². The first-order valence-electron chi connectivity index (χ1n) is 6.00. The molecule has 19 heavy (non-hydrogen) atoms. The lowest BCUT2D eigenvalue weighted by Gasteiger charge is -2.36. The van der Waals surface area contributed by atoms with Crippen LogP contribution >= 0.6 is 23.2 Å². The SMILES string of the molecule is CC(C)N1CCC(=O)N(c2cc(Cl)cc(Cl)c2)C1=O. The summed E-state index contributed by atoms with van der Waals surface area (Å²) in [5.41, 5.74) is 0.415. The van der Waals surface area contributed by atoms with Crippen LogP contribution < -0.4 is 4.90 Å². The highest BCUT2D eigenvalue weighted by atomic mass is 35.5. The first-order chi connectivity index (χ1) is 8.90. The lowest BCUT2D eigenvalue weighted by atomic mass is 10.2. The van der Waals surface area contributed by atoms with E-state index in [1.807, 2.05) is 13.8 Å². The molecule has 0 unspecified atom stereocenters. The second-order valence-electron chi connectivity index (χ2n) is 4.68. The third-order valence-electron chi connectivity index (χ3n) is 2.98. The molecule has 0 atom stereocenters. The number of rotatable bonds is 2. The molecule has 0 radical (unpaired) electrons. The molecular formula is C13H14Cl2N2O2. The number of carbonyl (C=O) groups excluding carboxylic acids is 2. The minimum Gasteiger partial charge on any atom is -0.321 e. The van der Waals surface area contributed by atoms with Gasteiger partial charge >= 0.3 is 6.03 Å². The monoisotopic (exact) mass is 300 g/mol. The Balaban J connectivity index is 2.40. The van der Waals surface area contributed by atoms with Crippen molar-refractivity contribution < 1.29 is 9.59 Å². The van der Waals surface area contributed by atoms with Crippen LogP contribution in [0.1, 0.15) is 20.3 Å². The van der Waals surface area contributed by atoms with Crippen molar-refractivity contribution in [1.82, 2.24) is 4.90 Å². The zero-order valence-electron chi connectivity index (χ0n) is 10.7. The van der Waals surface area contributed by atoms with Crippen molar-refractivity contribution >= 4 is 40.8 Å². The molecule has 1 fully saturated rings. The third kappa shape index (κ3) is 2.85. The number of carbonyl (C=O) groups is 2. The Morgan fingerprint density at radius 2 is 1.68 bits per heavy atom. The lowest BCUT2D eigenvalue weighted by Crippen LogP contribution is -2.54. The molecule has 0 N–H and O–H groups in total. The van der Waals surface area contributed by atoms with Crippen LogP contribution in [0.2, 0.25) is 10.0 Å². The molecule has 4 nitrogen and oxygen atoms in total. The molecule has 0 aromatic heterocycles. The summed E-state index contributed by atoms with van der Waals surface area (Å²) in [5.74, 6) is -0.236. The van der Waals surface area contributed by atoms with E-state index in [0.29, 0.717) is 28.7 Å². The Kier molecular flexibility index (Phi) is 4.02. The van der Waals surface area contributed by atoms with Gasteiger partial charge in [-0.25, -0.2) is 9.69 Å². The van der Waals surface area contributed by atoms with Crippen LogP contribution in [0.15, 0.2) is 18.2 Å². The van der Waals surface area contributed by atoms with Crippen molar-refractivity contribution in [3.05, 3.63) is 28.2 Å². The van der Waals surface area contributed by atoms with E-state index < -0.39 is 0 Å². The molecule has 0 spiro atoms. The van der Waals surface area contributed by atoms with Crippen molar-refractivity contribution in [2.45, 2.75) is 26.3 Å². The largest absolute Gasteiger partial charge is 0.331 e. The Hall–Kier alpha value is -1.26. The quantitative estimate of drug-likeness (QED) is 0.838. The fraction of sp³-hybridized carbons (Fsp3) is 0.385. The fourth-order valence-electron chi connectivity index (χ4n) is 2.06. The van der Waals surface area contributed by atoms with Gasteiger partial charge in [-0.3, -0.25) is 4.79 Å². The predicted molar refractivity (Wildman–Crippen MR) is 75.8 cm³/mol. The average molecular weight is 301 g/mol. The molecule has 0 saturated carbocycles. The van der Waals surface area contributed by atoms with Gasteiger partial charge in [0.2, 0.25) is 5.91 Å². The lowest BCUT2D eigenvalue weighted by molar-refractivity contribution is -0.119. The van der Waals surface area contributed by atoms with E-state index in [-0.39, 0.29) is 18.0 Å². The fourth-order valence-corrected chi connectivity index (χ4v) is 2.58. The number of amides is 3. The maximum atomic E-state index is 12.3. The van der Waals surface area contributed by atoms with Crippen LogP contribution in [0, 0.1) is 0 Å². The Bertz CT molecular complexity index is 511. The van der Waals surface area contributed by atoms with Gasteiger partial charge < -0.3 is 4.90 Å². The van der Waals surface area contributed by atoms with Crippen molar-refractivity contribution in [2.75, 3.05) is 11.4 Å². The van der Waals surface area contributed by atoms with Crippen LogP contribution in [0.25, 0.3) is 0 Å². The molecule has 0 bridgehead atoms. The minimum absolute atomic E-state index is 0.0396. The number of hydrogen-bond donors (Lipinski definition) is 0. The van der Waals surface area contributed by atoms with Gasteiger partial charge in [-0.2, -0.15) is 0 Å². The standard InChI is InChI=1S/C13H14Cl2N2O2/c1-8(2)16-4-3-12(18)17(13(16)19)11-6-9(14)5-10(15)7-11/h5-8H,3-4H2,1-2H3. The summed E-state index contributed by atoms with van der Waals surface area (Å²) in [6.07, 6.45) is 0.300. The Labute approximate surface area is 121 Å². The van der Waals surface area contributed by atoms with Crippen molar-refractivity contribution in [2.24, 2.45) is 0 Å². The summed E-state index contributed by atoms with van der Waals surface area (Å²) >= 11 is 11.8. The first-order valence-corrected chi connectivity index (χ1v) is 6.75. The number of imide groups is 1. The normalized spacial score (nSPS) is 16.5. The highest BCUT2D eigenvalue weighted by Gasteiger charge is 2.34. The summed E-state index contributed by atoms with van der Waals surface area (Å²) in [6, 6.07) is 4.40. The number of nitrogens with zero attached hydrogens (tertiary/aromatic N) is 2. The molecule has 0 aliphatic carbocycles. The number of anilines is 1. The topological polar surface area (TPSA) is 40.6 Å². The van der Waals surface area contributed by atoms with Crippen LogP contribution in [-0.4, -0.2) is 29.4 Å². The molecule has 1 heterocycles. The third-order valence-corrected chi connectivity index (χ3v) is 3.42. The van der Waals surface area contributed by atoms with E-state index in [1.165, 1.54) is 0 Å². The highest BCUT2D eigenvalue weighted by molar-refractivity contribution is 6.35. The van der Waals surface area contributed by atoms with E-state index in [0.717, 1.165) is 4.90 Å². The summed E-state index contributed by atoms with van der Waals surface area (Å²) in [7, 11) is 0. The van der Waals surface area contributed by atoms with E-state index >= 15 is 0 Å². The molecule has 1 aromatic rings. The second kappa shape index (κ2) is 5.39. The van der Waals surface area contributed by atoms with Gasteiger partial charge in [0.25, 0.3) is 0 Å². The molecule has 102 valence electrons. The molecule has 3 amide bonds. The summed E-state index contributed by atoms with van der Waals surface area (Å²) < 4.78 is 0. The summed E-state index contributed by atoms with van der Waals surface area (Å²) in [5, 5.41) is 0.787. The van der Waals surface area contributed by atoms with E-state index in [4.69, 9.17) is 23.2 Å². The zero-order chi connectivity index (χ0) is 14.2. The second-order valence-corrected chi connectivity index (χ2v) is 5.55.